The van der Waals surface area contributed by atoms with Crippen LogP contribution in [0.4, 0.5) is 0 Å². The summed E-state index contributed by atoms with van der Waals surface area (Å²) in [6.07, 6.45) is 0. The highest BCUT2D eigenvalue weighted by Crippen LogP contribution is 2.33. The molecule has 2 aromatic rings. The van der Waals surface area contributed by atoms with Crippen LogP contribution in [0.5, 0.6) is 11.5 Å². The highest BCUT2D eigenvalue weighted by Gasteiger charge is 2.15. The minimum absolute atomic E-state index is 0.371. The predicted octanol–water partition coefficient (Wildman–Crippen LogP) is 1.52. The molecule has 2 aliphatic rings. The van der Waals surface area contributed by atoms with Crippen LogP contribution in [-0.2, 0) is 9.47 Å². The molecule has 0 radical (unpaired) electrons. The molecule has 1 aromatic carbocycles. The summed E-state index contributed by atoms with van der Waals surface area (Å²) in [5.41, 5.74) is 0.956. The van der Waals surface area contributed by atoms with Gasteiger partial charge in [-0.15, -0.1) is 0 Å². The van der Waals surface area contributed by atoms with Gasteiger partial charge in [0, 0.05) is 57.5 Å². The minimum atomic E-state index is -0.371. The summed E-state index contributed by atoms with van der Waals surface area (Å²) in [6.45, 7) is 11.4. The lowest BCUT2D eigenvalue weighted by Crippen LogP contribution is -2.38. The molecule has 2 aliphatic heterocycles. The van der Waals surface area contributed by atoms with Crippen LogP contribution in [0, 0.1) is 6.92 Å². The Hall–Kier alpha value is -2.13. The maximum atomic E-state index is 11.9. The van der Waals surface area contributed by atoms with Gasteiger partial charge < -0.3 is 23.4 Å². The molecule has 8 nitrogen and oxygen atoms in total. The fourth-order valence-corrected chi connectivity index (χ4v) is 3.85. The number of aryl methyl sites for hydroxylation is 1. The van der Waals surface area contributed by atoms with Gasteiger partial charge in [0.1, 0.15) is 30.3 Å². The van der Waals surface area contributed by atoms with Crippen molar-refractivity contribution in [3.05, 3.63) is 34.2 Å². The number of nitrogens with zero attached hydrogens (tertiary/aromatic N) is 2. The Balaban J connectivity index is 1.45. The number of hydrogen-bond donors (Lipinski definition) is 0. The summed E-state index contributed by atoms with van der Waals surface area (Å²) in [7, 11) is 0. The summed E-state index contributed by atoms with van der Waals surface area (Å²) in [5, 5.41) is 0.817. The van der Waals surface area contributed by atoms with E-state index < -0.39 is 0 Å². The third kappa shape index (κ3) is 5.51. The fraction of sp³-hybridized carbons (Fsp3) is 0.591. The molecule has 30 heavy (non-hydrogen) atoms. The molecule has 0 N–H and O–H groups in total. The lowest BCUT2D eigenvalue weighted by atomic mass is 10.1. The van der Waals surface area contributed by atoms with Crippen molar-refractivity contribution in [2.24, 2.45) is 0 Å². The minimum Gasteiger partial charge on any atom is -0.492 e. The third-order valence-corrected chi connectivity index (χ3v) is 5.53. The van der Waals surface area contributed by atoms with Crippen LogP contribution in [0.3, 0.4) is 0 Å². The van der Waals surface area contributed by atoms with Gasteiger partial charge in [0.05, 0.1) is 31.8 Å². The van der Waals surface area contributed by atoms with Crippen LogP contribution in [0.1, 0.15) is 5.56 Å². The van der Waals surface area contributed by atoms with E-state index in [9.17, 15) is 4.79 Å². The van der Waals surface area contributed by atoms with Crippen molar-refractivity contribution in [3.8, 4) is 11.5 Å². The molecule has 4 rings (SSSR count). The molecule has 2 fully saturated rings. The van der Waals surface area contributed by atoms with Gasteiger partial charge in [-0.25, -0.2) is 4.79 Å². The topological polar surface area (TPSA) is 73.6 Å². The lowest BCUT2D eigenvalue weighted by Gasteiger charge is -2.26. The number of fused-ring (bicyclic) bond motifs is 1. The van der Waals surface area contributed by atoms with Gasteiger partial charge in [-0.1, -0.05) is 0 Å². The van der Waals surface area contributed by atoms with Gasteiger partial charge in [-0.3, -0.25) is 9.80 Å². The van der Waals surface area contributed by atoms with Crippen LogP contribution in [-0.4, -0.2) is 88.7 Å². The standard InChI is InChI=1S/C22H30N2O6/c1-17-14-21(25)30-20-16-18(28-12-6-23-2-8-26-9-3-23)15-19(22(17)20)29-13-7-24-4-10-27-11-5-24/h14-16H,2-13H2,1H3. The first-order chi connectivity index (χ1) is 14.7. The van der Waals surface area contributed by atoms with E-state index in [1.807, 2.05) is 13.0 Å². The van der Waals surface area contributed by atoms with E-state index in [1.54, 1.807) is 6.07 Å². The molecule has 8 heteroatoms. The average Bonchev–Trinajstić information content (AvgIpc) is 2.74. The molecule has 2 saturated heterocycles. The molecule has 0 bridgehead atoms. The summed E-state index contributed by atoms with van der Waals surface area (Å²) < 4.78 is 28.3. The van der Waals surface area contributed by atoms with E-state index in [0.717, 1.165) is 76.6 Å². The Kier molecular flexibility index (Phi) is 7.22. The molecule has 0 amide bonds. The normalized spacial score (nSPS) is 18.6. The molecule has 0 saturated carbocycles. The summed E-state index contributed by atoms with van der Waals surface area (Å²) in [5.74, 6) is 1.33. The highest BCUT2D eigenvalue weighted by molar-refractivity contribution is 5.88. The third-order valence-electron chi connectivity index (χ3n) is 5.53. The second-order valence-corrected chi connectivity index (χ2v) is 7.65. The van der Waals surface area contributed by atoms with Gasteiger partial charge in [0.15, 0.2) is 0 Å². The van der Waals surface area contributed by atoms with Crippen molar-refractivity contribution in [3.63, 3.8) is 0 Å². The summed E-state index contributed by atoms with van der Waals surface area (Å²) in [6, 6.07) is 5.17. The van der Waals surface area contributed by atoms with Crippen molar-refractivity contribution >= 4 is 11.0 Å². The van der Waals surface area contributed by atoms with Gasteiger partial charge >= 0.3 is 5.63 Å². The maximum absolute atomic E-state index is 11.9. The number of morpholine rings is 2. The molecule has 0 aliphatic carbocycles. The smallest absolute Gasteiger partial charge is 0.336 e. The van der Waals surface area contributed by atoms with Crippen LogP contribution in [0.2, 0.25) is 0 Å². The Morgan fingerprint density at radius 2 is 1.47 bits per heavy atom. The molecule has 1 aromatic heterocycles. The molecular weight excluding hydrogens is 388 g/mol. The first kappa shape index (κ1) is 21.1. The first-order valence-corrected chi connectivity index (χ1v) is 10.6. The maximum Gasteiger partial charge on any atom is 0.336 e. The second-order valence-electron chi connectivity index (χ2n) is 7.65. The van der Waals surface area contributed by atoms with Crippen molar-refractivity contribution in [1.29, 1.82) is 0 Å². The largest absolute Gasteiger partial charge is 0.492 e. The zero-order chi connectivity index (χ0) is 20.8. The molecule has 164 valence electrons. The summed E-state index contributed by atoms with van der Waals surface area (Å²) in [4.78, 5) is 16.5. The molecular formula is C22H30N2O6. The van der Waals surface area contributed by atoms with Gasteiger partial charge in [-0.05, 0) is 12.5 Å². The van der Waals surface area contributed by atoms with E-state index in [2.05, 4.69) is 9.80 Å². The Labute approximate surface area is 176 Å². The zero-order valence-corrected chi connectivity index (χ0v) is 17.6. The highest BCUT2D eigenvalue weighted by atomic mass is 16.5. The molecule has 0 atom stereocenters. The Morgan fingerprint density at radius 1 is 0.867 bits per heavy atom. The quantitative estimate of drug-likeness (QED) is 0.598. The van der Waals surface area contributed by atoms with Crippen LogP contribution in [0.15, 0.2) is 27.4 Å². The zero-order valence-electron chi connectivity index (χ0n) is 17.6. The molecule has 0 unspecified atom stereocenters. The van der Waals surface area contributed by atoms with Gasteiger partial charge in [0.2, 0.25) is 0 Å². The second kappa shape index (κ2) is 10.3. The molecule has 3 heterocycles. The number of ether oxygens (including phenoxy) is 4. The number of rotatable bonds is 8. The van der Waals surface area contributed by atoms with E-state index in [4.69, 9.17) is 23.4 Å². The van der Waals surface area contributed by atoms with E-state index in [-0.39, 0.29) is 5.63 Å². The van der Waals surface area contributed by atoms with Crippen molar-refractivity contribution in [2.45, 2.75) is 6.92 Å². The van der Waals surface area contributed by atoms with Gasteiger partial charge in [-0.2, -0.15) is 0 Å². The van der Waals surface area contributed by atoms with Crippen LogP contribution < -0.4 is 15.1 Å². The van der Waals surface area contributed by atoms with E-state index >= 15 is 0 Å². The van der Waals surface area contributed by atoms with Crippen molar-refractivity contribution < 1.29 is 23.4 Å². The fourth-order valence-electron chi connectivity index (χ4n) is 3.85. The monoisotopic (exact) mass is 418 g/mol. The predicted molar refractivity (Wildman–Crippen MR) is 113 cm³/mol. The SMILES string of the molecule is Cc1cc(=O)oc2cc(OCCN3CCOCC3)cc(OCCN3CCOCC3)c12. The first-order valence-electron chi connectivity index (χ1n) is 10.6. The number of benzene rings is 1. The average molecular weight is 418 g/mol. The Bertz CT molecular complexity index is 887. The summed E-state index contributed by atoms with van der Waals surface area (Å²) >= 11 is 0. The van der Waals surface area contributed by atoms with Crippen LogP contribution >= 0.6 is 0 Å². The van der Waals surface area contributed by atoms with Crippen molar-refractivity contribution in [1.82, 2.24) is 9.80 Å². The van der Waals surface area contributed by atoms with Gasteiger partial charge in [0.25, 0.3) is 0 Å². The molecule has 0 spiro atoms. The Morgan fingerprint density at radius 3 is 2.10 bits per heavy atom. The van der Waals surface area contributed by atoms with E-state index in [0.29, 0.717) is 30.3 Å². The van der Waals surface area contributed by atoms with Crippen molar-refractivity contribution in [2.75, 3.05) is 78.9 Å². The number of hydrogen-bond acceptors (Lipinski definition) is 8. The van der Waals surface area contributed by atoms with E-state index in [1.165, 1.54) is 6.07 Å². The van der Waals surface area contributed by atoms with Crippen LogP contribution in [0.25, 0.3) is 11.0 Å². The lowest BCUT2D eigenvalue weighted by molar-refractivity contribution is 0.0320.